The highest BCUT2D eigenvalue weighted by molar-refractivity contribution is 6.20. The van der Waals surface area contributed by atoms with Crippen LogP contribution in [0.3, 0.4) is 0 Å². The van der Waals surface area contributed by atoms with E-state index in [0.29, 0.717) is 11.8 Å². The minimum Gasteiger partial charge on any atom is -0.261 e. The summed E-state index contributed by atoms with van der Waals surface area (Å²) in [5.41, 5.74) is 2.78. The molecule has 1 heterocycles. The van der Waals surface area contributed by atoms with Gasteiger partial charge in [-0.05, 0) is 50.2 Å². The first-order valence-electron chi connectivity index (χ1n) is 6.26. The van der Waals surface area contributed by atoms with Crippen LogP contribution < -0.4 is 0 Å². The van der Waals surface area contributed by atoms with Gasteiger partial charge in [-0.3, -0.25) is 4.98 Å². The molecule has 2 heteroatoms. The highest BCUT2D eigenvalue weighted by Gasteiger charge is 2.26. The van der Waals surface area contributed by atoms with Crippen LogP contribution in [0.5, 0.6) is 0 Å². The van der Waals surface area contributed by atoms with Gasteiger partial charge in [0.05, 0.1) is 0 Å². The molecule has 0 saturated carbocycles. The largest absolute Gasteiger partial charge is 0.261 e. The molecule has 1 aliphatic rings. The molecule has 0 bridgehead atoms. The maximum atomic E-state index is 6.10. The topological polar surface area (TPSA) is 12.9 Å². The van der Waals surface area contributed by atoms with Gasteiger partial charge < -0.3 is 0 Å². The third-order valence-corrected chi connectivity index (χ3v) is 3.80. The quantitative estimate of drug-likeness (QED) is 0.720. The number of aromatic nitrogens is 1. The summed E-state index contributed by atoms with van der Waals surface area (Å²) in [6, 6.07) is 4.28. The van der Waals surface area contributed by atoms with Gasteiger partial charge in [0.2, 0.25) is 0 Å². The molecule has 16 heavy (non-hydrogen) atoms. The SMILES string of the molecule is CC(Cl)CC(C)C1CCCc2cccnc21. The highest BCUT2D eigenvalue weighted by Crippen LogP contribution is 2.37. The summed E-state index contributed by atoms with van der Waals surface area (Å²) < 4.78 is 0. The van der Waals surface area contributed by atoms with Crippen molar-refractivity contribution in [3.05, 3.63) is 29.6 Å². The van der Waals surface area contributed by atoms with Crippen molar-refractivity contribution in [1.29, 1.82) is 0 Å². The van der Waals surface area contributed by atoms with Crippen LogP contribution in [0.1, 0.15) is 50.3 Å². The van der Waals surface area contributed by atoms with Crippen molar-refractivity contribution in [2.45, 2.75) is 50.8 Å². The molecule has 0 aromatic carbocycles. The molecule has 88 valence electrons. The van der Waals surface area contributed by atoms with E-state index in [2.05, 4.69) is 31.0 Å². The van der Waals surface area contributed by atoms with Crippen molar-refractivity contribution in [1.82, 2.24) is 4.98 Å². The first-order chi connectivity index (χ1) is 7.68. The van der Waals surface area contributed by atoms with Gasteiger partial charge in [-0.2, -0.15) is 0 Å². The fourth-order valence-corrected chi connectivity index (χ4v) is 3.16. The van der Waals surface area contributed by atoms with Crippen LogP contribution in [0.2, 0.25) is 0 Å². The van der Waals surface area contributed by atoms with E-state index < -0.39 is 0 Å². The standard InChI is InChI=1S/C14H20ClN/c1-10(9-11(2)15)13-7-3-5-12-6-4-8-16-14(12)13/h4,6,8,10-11,13H,3,5,7,9H2,1-2H3. The Labute approximate surface area is 103 Å². The number of fused-ring (bicyclic) bond motifs is 1. The average Bonchev–Trinajstić information content (AvgIpc) is 2.27. The zero-order valence-corrected chi connectivity index (χ0v) is 10.9. The number of aryl methyl sites for hydroxylation is 1. The highest BCUT2D eigenvalue weighted by atomic mass is 35.5. The number of rotatable bonds is 3. The Bertz CT molecular complexity index is 348. The fourth-order valence-electron chi connectivity index (χ4n) is 2.88. The fraction of sp³-hybridized carbons (Fsp3) is 0.643. The zero-order chi connectivity index (χ0) is 11.5. The number of alkyl halides is 1. The summed E-state index contributed by atoms with van der Waals surface area (Å²) in [4.78, 5) is 4.59. The van der Waals surface area contributed by atoms with E-state index in [1.54, 1.807) is 0 Å². The zero-order valence-electron chi connectivity index (χ0n) is 10.1. The molecule has 0 amide bonds. The van der Waals surface area contributed by atoms with Crippen molar-refractivity contribution < 1.29 is 0 Å². The predicted molar refractivity (Wildman–Crippen MR) is 69.0 cm³/mol. The third-order valence-electron chi connectivity index (χ3n) is 3.62. The van der Waals surface area contributed by atoms with Gasteiger partial charge in [0.1, 0.15) is 0 Å². The van der Waals surface area contributed by atoms with E-state index in [1.807, 2.05) is 6.20 Å². The Hall–Kier alpha value is -0.560. The average molecular weight is 238 g/mol. The van der Waals surface area contributed by atoms with E-state index in [-0.39, 0.29) is 5.38 Å². The number of halogens is 1. The van der Waals surface area contributed by atoms with Gasteiger partial charge >= 0.3 is 0 Å². The Morgan fingerprint density at radius 2 is 2.31 bits per heavy atom. The lowest BCUT2D eigenvalue weighted by Crippen LogP contribution is -2.19. The second kappa shape index (κ2) is 5.18. The van der Waals surface area contributed by atoms with Crippen molar-refractivity contribution in [2.24, 2.45) is 5.92 Å². The number of hydrogen-bond acceptors (Lipinski definition) is 1. The molecule has 3 unspecified atom stereocenters. The lowest BCUT2D eigenvalue weighted by Gasteiger charge is -2.29. The number of pyridine rings is 1. The van der Waals surface area contributed by atoms with Crippen LogP contribution in [0.15, 0.2) is 18.3 Å². The van der Waals surface area contributed by atoms with Gasteiger partial charge in [0, 0.05) is 23.2 Å². The molecule has 0 saturated heterocycles. The first-order valence-corrected chi connectivity index (χ1v) is 6.70. The first kappa shape index (κ1) is 11.9. The summed E-state index contributed by atoms with van der Waals surface area (Å²) in [5, 5.41) is 0.268. The van der Waals surface area contributed by atoms with Crippen molar-refractivity contribution in [3.63, 3.8) is 0 Å². The smallest absolute Gasteiger partial charge is 0.0469 e. The van der Waals surface area contributed by atoms with Gasteiger partial charge in [-0.15, -0.1) is 11.6 Å². The summed E-state index contributed by atoms with van der Waals surface area (Å²) >= 11 is 6.10. The van der Waals surface area contributed by atoms with Gasteiger partial charge in [0.15, 0.2) is 0 Å². The molecule has 2 rings (SSSR count). The van der Waals surface area contributed by atoms with Crippen molar-refractivity contribution in [3.8, 4) is 0 Å². The van der Waals surface area contributed by atoms with Gasteiger partial charge in [-0.1, -0.05) is 13.0 Å². The molecule has 1 nitrogen and oxygen atoms in total. The summed E-state index contributed by atoms with van der Waals surface area (Å²) in [7, 11) is 0. The molecule has 1 aliphatic carbocycles. The Balaban J connectivity index is 2.18. The lowest BCUT2D eigenvalue weighted by atomic mass is 9.78. The van der Waals surface area contributed by atoms with Crippen LogP contribution in [0.4, 0.5) is 0 Å². The van der Waals surface area contributed by atoms with E-state index in [1.165, 1.54) is 30.5 Å². The number of hydrogen-bond donors (Lipinski definition) is 0. The molecule has 0 aliphatic heterocycles. The Morgan fingerprint density at radius 1 is 1.50 bits per heavy atom. The maximum Gasteiger partial charge on any atom is 0.0469 e. The van der Waals surface area contributed by atoms with Crippen LogP contribution in [-0.4, -0.2) is 10.4 Å². The normalized spacial score (nSPS) is 23.6. The van der Waals surface area contributed by atoms with Crippen molar-refractivity contribution >= 4 is 11.6 Å². The van der Waals surface area contributed by atoms with E-state index >= 15 is 0 Å². The molecular weight excluding hydrogens is 218 g/mol. The molecule has 1 aromatic heterocycles. The molecule has 0 N–H and O–H groups in total. The summed E-state index contributed by atoms with van der Waals surface area (Å²) in [6.07, 6.45) is 6.78. The summed E-state index contributed by atoms with van der Waals surface area (Å²) in [6.45, 7) is 4.40. The van der Waals surface area contributed by atoms with Crippen LogP contribution >= 0.6 is 11.6 Å². The molecule has 3 atom stereocenters. The minimum atomic E-state index is 0.268. The second-order valence-electron chi connectivity index (χ2n) is 5.04. The van der Waals surface area contributed by atoms with E-state index in [0.717, 1.165) is 6.42 Å². The monoisotopic (exact) mass is 237 g/mol. The predicted octanol–water partition coefficient (Wildman–Crippen LogP) is 4.16. The van der Waals surface area contributed by atoms with E-state index in [9.17, 15) is 0 Å². The van der Waals surface area contributed by atoms with Gasteiger partial charge in [0.25, 0.3) is 0 Å². The summed E-state index contributed by atoms with van der Waals surface area (Å²) in [5.74, 6) is 1.26. The maximum absolute atomic E-state index is 6.10. The molecule has 0 spiro atoms. The Morgan fingerprint density at radius 3 is 3.06 bits per heavy atom. The third kappa shape index (κ3) is 2.57. The van der Waals surface area contributed by atoms with Gasteiger partial charge in [-0.25, -0.2) is 0 Å². The number of nitrogens with zero attached hydrogens (tertiary/aromatic N) is 1. The van der Waals surface area contributed by atoms with E-state index in [4.69, 9.17) is 11.6 Å². The van der Waals surface area contributed by atoms with Crippen LogP contribution in [0, 0.1) is 5.92 Å². The molecular formula is C14H20ClN. The minimum absolute atomic E-state index is 0.268. The molecule has 0 radical (unpaired) electrons. The van der Waals surface area contributed by atoms with Crippen LogP contribution in [0.25, 0.3) is 0 Å². The van der Waals surface area contributed by atoms with Crippen molar-refractivity contribution in [2.75, 3.05) is 0 Å². The lowest BCUT2D eigenvalue weighted by molar-refractivity contribution is 0.375. The van der Waals surface area contributed by atoms with Crippen LogP contribution in [-0.2, 0) is 6.42 Å². The molecule has 0 fully saturated rings. The Kier molecular flexibility index (Phi) is 3.86. The molecule has 1 aromatic rings. The second-order valence-corrected chi connectivity index (χ2v) is 5.79.